The number of Topliss-reactive ketones (excluding diaryl/α,β-unsaturated/α-hetero) is 1. The van der Waals surface area contributed by atoms with Crippen molar-refractivity contribution in [2.24, 2.45) is 5.92 Å². The van der Waals surface area contributed by atoms with Crippen LogP contribution in [0.3, 0.4) is 0 Å². The van der Waals surface area contributed by atoms with E-state index >= 15 is 0 Å². The molecule has 1 aliphatic rings. The Hall–Kier alpha value is -1.63. The highest BCUT2D eigenvalue weighted by Gasteiger charge is 2.15. The standard InChI is InChI=1S/C16H18O/c1-12(2)14-9-6-10-15(11-14)16(17)13-7-4-3-5-8-13/h3-5,7-8,10-12H,6,9H2,1-2H3. The van der Waals surface area contributed by atoms with Crippen LogP contribution in [0.1, 0.15) is 37.0 Å². The molecule has 0 spiro atoms. The van der Waals surface area contributed by atoms with E-state index in [2.05, 4.69) is 26.0 Å². The molecule has 0 amide bonds. The zero-order valence-electron chi connectivity index (χ0n) is 10.4. The molecular weight excluding hydrogens is 208 g/mol. The van der Waals surface area contributed by atoms with Crippen molar-refractivity contribution in [3.63, 3.8) is 0 Å². The summed E-state index contributed by atoms with van der Waals surface area (Å²) >= 11 is 0. The number of carbonyl (C=O) groups excluding carboxylic acids is 1. The third-order valence-corrected chi connectivity index (χ3v) is 3.18. The predicted octanol–water partition coefficient (Wildman–Crippen LogP) is 4.17. The average Bonchev–Trinajstić information content (AvgIpc) is 2.39. The molecule has 0 saturated carbocycles. The monoisotopic (exact) mass is 226 g/mol. The van der Waals surface area contributed by atoms with E-state index in [1.54, 1.807) is 0 Å². The Labute approximate surface area is 103 Å². The molecule has 2 rings (SSSR count). The average molecular weight is 226 g/mol. The molecule has 1 aromatic rings. The first-order valence-corrected chi connectivity index (χ1v) is 6.19. The van der Waals surface area contributed by atoms with Crippen molar-refractivity contribution in [2.45, 2.75) is 26.7 Å². The van der Waals surface area contributed by atoms with Gasteiger partial charge >= 0.3 is 0 Å². The molecule has 1 nitrogen and oxygen atoms in total. The van der Waals surface area contributed by atoms with Gasteiger partial charge < -0.3 is 0 Å². The Balaban J connectivity index is 2.24. The highest BCUT2D eigenvalue weighted by atomic mass is 16.1. The molecule has 0 fully saturated rings. The molecule has 1 aromatic carbocycles. The topological polar surface area (TPSA) is 17.1 Å². The Kier molecular flexibility index (Phi) is 3.58. The summed E-state index contributed by atoms with van der Waals surface area (Å²) in [5, 5.41) is 0. The van der Waals surface area contributed by atoms with Crippen molar-refractivity contribution < 1.29 is 4.79 Å². The summed E-state index contributed by atoms with van der Waals surface area (Å²) in [5.41, 5.74) is 3.01. The summed E-state index contributed by atoms with van der Waals surface area (Å²) in [6, 6.07) is 9.50. The van der Waals surface area contributed by atoms with Crippen LogP contribution in [-0.4, -0.2) is 5.78 Å². The quantitative estimate of drug-likeness (QED) is 0.707. The van der Waals surface area contributed by atoms with Crippen LogP contribution in [0.15, 0.2) is 53.6 Å². The van der Waals surface area contributed by atoms with Gasteiger partial charge in [-0.05, 0) is 18.8 Å². The molecule has 17 heavy (non-hydrogen) atoms. The molecule has 0 unspecified atom stereocenters. The molecule has 0 bridgehead atoms. The van der Waals surface area contributed by atoms with Crippen molar-refractivity contribution in [3.05, 3.63) is 59.2 Å². The first kappa shape index (κ1) is 11.8. The summed E-state index contributed by atoms with van der Waals surface area (Å²) in [6.07, 6.45) is 6.20. The van der Waals surface area contributed by atoms with E-state index in [1.807, 2.05) is 30.3 Å². The summed E-state index contributed by atoms with van der Waals surface area (Å²) in [4.78, 5) is 12.3. The van der Waals surface area contributed by atoms with E-state index in [9.17, 15) is 4.79 Å². The Bertz CT molecular complexity index is 464. The van der Waals surface area contributed by atoms with E-state index in [1.165, 1.54) is 5.57 Å². The minimum Gasteiger partial charge on any atom is -0.289 e. The molecule has 0 aliphatic heterocycles. The second-order valence-electron chi connectivity index (χ2n) is 4.77. The van der Waals surface area contributed by atoms with E-state index in [0.717, 1.165) is 24.0 Å². The second-order valence-corrected chi connectivity index (χ2v) is 4.77. The Morgan fingerprint density at radius 1 is 1.18 bits per heavy atom. The highest BCUT2D eigenvalue weighted by molar-refractivity contribution is 6.10. The number of benzene rings is 1. The van der Waals surface area contributed by atoms with Gasteiger partial charge in [0.05, 0.1) is 0 Å². The number of rotatable bonds is 3. The molecule has 0 radical (unpaired) electrons. The minimum atomic E-state index is 0.142. The number of carbonyl (C=O) groups is 1. The van der Waals surface area contributed by atoms with Crippen molar-refractivity contribution in [1.82, 2.24) is 0 Å². The van der Waals surface area contributed by atoms with Crippen LogP contribution in [0.5, 0.6) is 0 Å². The van der Waals surface area contributed by atoms with Gasteiger partial charge in [-0.25, -0.2) is 0 Å². The zero-order valence-corrected chi connectivity index (χ0v) is 10.4. The SMILES string of the molecule is CC(C)C1=CC(C(=O)c2ccccc2)=CCC1. The maximum atomic E-state index is 12.3. The molecule has 0 atom stereocenters. The van der Waals surface area contributed by atoms with E-state index in [0.29, 0.717) is 5.92 Å². The lowest BCUT2D eigenvalue weighted by molar-refractivity contribution is 0.103. The third kappa shape index (κ3) is 2.73. The van der Waals surface area contributed by atoms with Gasteiger partial charge in [0.15, 0.2) is 5.78 Å². The van der Waals surface area contributed by atoms with Crippen LogP contribution in [0.25, 0.3) is 0 Å². The summed E-state index contributed by atoms with van der Waals surface area (Å²) in [5.74, 6) is 0.672. The van der Waals surface area contributed by atoms with Crippen LogP contribution in [0.4, 0.5) is 0 Å². The lowest BCUT2D eigenvalue weighted by Gasteiger charge is -2.16. The number of hydrogen-bond donors (Lipinski definition) is 0. The van der Waals surface area contributed by atoms with Crippen molar-refractivity contribution in [2.75, 3.05) is 0 Å². The van der Waals surface area contributed by atoms with E-state index < -0.39 is 0 Å². The molecule has 0 saturated heterocycles. The first-order valence-electron chi connectivity index (χ1n) is 6.19. The fourth-order valence-corrected chi connectivity index (χ4v) is 2.09. The molecule has 0 heterocycles. The van der Waals surface area contributed by atoms with Crippen LogP contribution in [0, 0.1) is 5.92 Å². The largest absolute Gasteiger partial charge is 0.289 e. The van der Waals surface area contributed by atoms with Gasteiger partial charge in [0.2, 0.25) is 0 Å². The molecule has 88 valence electrons. The first-order chi connectivity index (χ1) is 8.18. The van der Waals surface area contributed by atoms with E-state index in [4.69, 9.17) is 0 Å². The Morgan fingerprint density at radius 3 is 2.53 bits per heavy atom. The van der Waals surface area contributed by atoms with E-state index in [-0.39, 0.29) is 5.78 Å². The van der Waals surface area contributed by atoms with Crippen LogP contribution >= 0.6 is 0 Å². The number of ketones is 1. The van der Waals surface area contributed by atoms with Gasteiger partial charge in [0, 0.05) is 11.1 Å². The number of allylic oxidation sites excluding steroid dienone is 4. The van der Waals surface area contributed by atoms with Crippen LogP contribution in [-0.2, 0) is 0 Å². The smallest absolute Gasteiger partial charge is 0.192 e. The molecule has 1 aliphatic carbocycles. The van der Waals surface area contributed by atoms with Gasteiger partial charge in [0.25, 0.3) is 0 Å². The van der Waals surface area contributed by atoms with Crippen LogP contribution < -0.4 is 0 Å². The van der Waals surface area contributed by atoms with Gasteiger partial charge in [-0.1, -0.05) is 61.9 Å². The van der Waals surface area contributed by atoms with Gasteiger partial charge in [-0.2, -0.15) is 0 Å². The lowest BCUT2D eigenvalue weighted by Crippen LogP contribution is -2.07. The molecule has 0 N–H and O–H groups in total. The number of hydrogen-bond acceptors (Lipinski definition) is 1. The molecule has 0 aromatic heterocycles. The summed E-state index contributed by atoms with van der Waals surface area (Å²) in [6.45, 7) is 4.36. The highest BCUT2D eigenvalue weighted by Crippen LogP contribution is 2.25. The fraction of sp³-hybridized carbons (Fsp3) is 0.312. The maximum absolute atomic E-state index is 12.3. The van der Waals surface area contributed by atoms with Crippen molar-refractivity contribution >= 4 is 5.78 Å². The minimum absolute atomic E-state index is 0.142. The fourth-order valence-electron chi connectivity index (χ4n) is 2.09. The van der Waals surface area contributed by atoms with Crippen molar-refractivity contribution in [3.8, 4) is 0 Å². The van der Waals surface area contributed by atoms with Gasteiger partial charge in [-0.15, -0.1) is 0 Å². The summed E-state index contributed by atoms with van der Waals surface area (Å²) < 4.78 is 0. The second kappa shape index (κ2) is 5.13. The van der Waals surface area contributed by atoms with Gasteiger partial charge in [0.1, 0.15) is 0 Å². The third-order valence-electron chi connectivity index (χ3n) is 3.18. The molecule has 1 heteroatoms. The lowest BCUT2D eigenvalue weighted by atomic mass is 9.89. The summed E-state index contributed by atoms with van der Waals surface area (Å²) in [7, 11) is 0. The zero-order chi connectivity index (χ0) is 12.3. The maximum Gasteiger partial charge on any atom is 0.192 e. The predicted molar refractivity (Wildman–Crippen MR) is 71.0 cm³/mol. The van der Waals surface area contributed by atoms with Crippen LogP contribution in [0.2, 0.25) is 0 Å². The molecular formula is C16H18O. The van der Waals surface area contributed by atoms with Gasteiger partial charge in [-0.3, -0.25) is 4.79 Å². The normalized spacial score (nSPS) is 15.5. The Morgan fingerprint density at radius 2 is 1.88 bits per heavy atom. The van der Waals surface area contributed by atoms with Crippen molar-refractivity contribution in [1.29, 1.82) is 0 Å².